The molecule has 0 saturated heterocycles. The first kappa shape index (κ1) is 28.3. The average molecular weight is 584 g/mol. The Morgan fingerprint density at radius 3 is 2.40 bits per heavy atom. The quantitative estimate of drug-likeness (QED) is 0.195. The second-order valence-electron chi connectivity index (χ2n) is 10.4. The minimum atomic E-state index is -1.61. The van der Waals surface area contributed by atoms with Crippen LogP contribution in [0, 0.1) is 17.5 Å². The van der Waals surface area contributed by atoms with E-state index in [4.69, 9.17) is 5.10 Å². The summed E-state index contributed by atoms with van der Waals surface area (Å²) in [6, 6.07) is 17.3. The van der Waals surface area contributed by atoms with Crippen molar-refractivity contribution in [2.24, 2.45) is 0 Å². The van der Waals surface area contributed by atoms with Gasteiger partial charge in [0.05, 0.1) is 12.1 Å². The molecule has 11 heteroatoms. The van der Waals surface area contributed by atoms with Gasteiger partial charge in [-0.2, -0.15) is 10.2 Å². The van der Waals surface area contributed by atoms with Crippen LogP contribution in [0.2, 0.25) is 0 Å². The van der Waals surface area contributed by atoms with Crippen molar-refractivity contribution >= 4 is 5.52 Å². The SMILES string of the molecule is OC(CCCNCc1ccc2c(-c3ccncc3)c(-c3ccc(F)cc3)nn2c1)(Cn1cncn1)c1ccc(F)cc1F. The normalized spacial score (nSPS) is 12.9. The molecule has 218 valence electrons. The van der Waals surface area contributed by atoms with Crippen LogP contribution < -0.4 is 5.32 Å². The van der Waals surface area contributed by atoms with Crippen molar-refractivity contribution < 1.29 is 18.3 Å². The third-order valence-electron chi connectivity index (χ3n) is 7.37. The second-order valence-corrected chi connectivity index (χ2v) is 10.4. The van der Waals surface area contributed by atoms with Crippen molar-refractivity contribution in [1.29, 1.82) is 0 Å². The summed E-state index contributed by atoms with van der Waals surface area (Å²) < 4.78 is 45.1. The van der Waals surface area contributed by atoms with Crippen LogP contribution in [0.4, 0.5) is 13.2 Å². The number of halogens is 3. The smallest absolute Gasteiger partial charge is 0.137 e. The van der Waals surface area contributed by atoms with E-state index in [-0.39, 0.29) is 24.3 Å². The number of rotatable bonds is 11. The molecule has 0 radical (unpaired) electrons. The fraction of sp³-hybridized carbons (Fsp3) is 0.188. The maximum atomic E-state index is 14.7. The van der Waals surface area contributed by atoms with E-state index >= 15 is 0 Å². The molecular formula is C32H28F3N7O. The van der Waals surface area contributed by atoms with E-state index in [1.165, 1.54) is 35.5 Å². The number of nitrogens with zero attached hydrogens (tertiary/aromatic N) is 6. The van der Waals surface area contributed by atoms with Crippen molar-refractivity contribution in [2.45, 2.75) is 31.5 Å². The highest BCUT2D eigenvalue weighted by Gasteiger charge is 2.33. The molecule has 2 N–H and O–H groups in total. The highest BCUT2D eigenvalue weighted by Crippen LogP contribution is 2.35. The summed E-state index contributed by atoms with van der Waals surface area (Å²) in [5.41, 5.74) is 3.68. The van der Waals surface area contributed by atoms with Gasteiger partial charge in [0.1, 0.15) is 41.4 Å². The zero-order valence-electron chi connectivity index (χ0n) is 23.0. The summed E-state index contributed by atoms with van der Waals surface area (Å²) in [6.45, 7) is 1.03. The van der Waals surface area contributed by atoms with E-state index in [1.807, 2.05) is 35.0 Å². The molecule has 6 aromatic rings. The Morgan fingerprint density at radius 2 is 1.65 bits per heavy atom. The Bertz CT molecular complexity index is 1830. The molecule has 0 bridgehead atoms. The minimum absolute atomic E-state index is 0.00972. The van der Waals surface area contributed by atoms with E-state index in [0.717, 1.165) is 45.6 Å². The van der Waals surface area contributed by atoms with Gasteiger partial charge >= 0.3 is 0 Å². The van der Waals surface area contributed by atoms with Gasteiger partial charge in [0.2, 0.25) is 0 Å². The summed E-state index contributed by atoms with van der Waals surface area (Å²) >= 11 is 0. The van der Waals surface area contributed by atoms with Crippen molar-refractivity contribution in [3.05, 3.63) is 127 Å². The number of aliphatic hydroxyl groups is 1. The standard InChI is InChI=1S/C32H28F3N7O/c33-25-5-3-24(4-6-25)31-30(23-10-14-36-15-11-23)29-9-2-22(18-42(29)40-31)17-37-13-1-12-32(43,19-41-21-38-20-39-41)27-8-7-26(34)16-28(27)35/h2-11,14-16,18,20-21,37,43H,1,12-13,17,19H2. The molecule has 1 unspecified atom stereocenters. The third kappa shape index (κ3) is 6.18. The van der Waals surface area contributed by atoms with Gasteiger partial charge in [-0.1, -0.05) is 12.1 Å². The number of benzene rings is 2. The molecule has 0 aliphatic heterocycles. The van der Waals surface area contributed by atoms with Crippen LogP contribution in [0.5, 0.6) is 0 Å². The highest BCUT2D eigenvalue weighted by molar-refractivity contribution is 5.92. The molecule has 2 aromatic carbocycles. The maximum Gasteiger partial charge on any atom is 0.137 e. The van der Waals surface area contributed by atoms with E-state index in [2.05, 4.69) is 20.4 Å². The Balaban J connectivity index is 1.17. The van der Waals surface area contributed by atoms with Crippen LogP contribution in [0.3, 0.4) is 0 Å². The second kappa shape index (κ2) is 12.2. The van der Waals surface area contributed by atoms with Gasteiger partial charge in [0, 0.05) is 47.9 Å². The van der Waals surface area contributed by atoms with Crippen LogP contribution in [0.1, 0.15) is 24.0 Å². The lowest BCUT2D eigenvalue weighted by Gasteiger charge is -2.29. The fourth-order valence-corrected chi connectivity index (χ4v) is 5.30. The molecule has 0 saturated carbocycles. The maximum absolute atomic E-state index is 14.7. The van der Waals surface area contributed by atoms with Gasteiger partial charge in [0.25, 0.3) is 0 Å². The summed E-state index contributed by atoms with van der Waals surface area (Å²) in [4.78, 5) is 8.03. The van der Waals surface area contributed by atoms with Crippen LogP contribution in [0.15, 0.2) is 98.0 Å². The van der Waals surface area contributed by atoms with Crippen LogP contribution in [-0.2, 0) is 18.7 Å². The zero-order valence-corrected chi connectivity index (χ0v) is 23.0. The summed E-state index contributed by atoms with van der Waals surface area (Å²) in [5, 5.41) is 23.7. The van der Waals surface area contributed by atoms with Gasteiger partial charge in [0.15, 0.2) is 0 Å². The fourth-order valence-electron chi connectivity index (χ4n) is 5.30. The van der Waals surface area contributed by atoms with E-state index in [0.29, 0.717) is 19.5 Å². The monoisotopic (exact) mass is 583 g/mol. The lowest BCUT2D eigenvalue weighted by Crippen LogP contribution is -2.34. The van der Waals surface area contributed by atoms with E-state index < -0.39 is 17.2 Å². The molecule has 4 aromatic heterocycles. The van der Waals surface area contributed by atoms with Crippen LogP contribution in [0.25, 0.3) is 27.9 Å². The molecular weight excluding hydrogens is 555 g/mol. The Morgan fingerprint density at radius 1 is 0.860 bits per heavy atom. The zero-order chi connectivity index (χ0) is 29.8. The highest BCUT2D eigenvalue weighted by atomic mass is 19.1. The summed E-state index contributed by atoms with van der Waals surface area (Å²) in [5.74, 6) is -1.84. The van der Waals surface area contributed by atoms with E-state index in [9.17, 15) is 18.3 Å². The molecule has 6 rings (SSSR count). The largest absolute Gasteiger partial charge is 0.383 e. The van der Waals surface area contributed by atoms with Crippen molar-refractivity contribution in [3.8, 4) is 22.4 Å². The first-order chi connectivity index (χ1) is 20.9. The third-order valence-corrected chi connectivity index (χ3v) is 7.37. The molecule has 43 heavy (non-hydrogen) atoms. The summed E-state index contributed by atoms with van der Waals surface area (Å²) in [7, 11) is 0. The molecule has 4 heterocycles. The first-order valence-corrected chi connectivity index (χ1v) is 13.8. The molecule has 0 fully saturated rings. The number of pyridine rings is 2. The minimum Gasteiger partial charge on any atom is -0.383 e. The van der Waals surface area contributed by atoms with Crippen LogP contribution in [-0.4, -0.2) is 41.0 Å². The van der Waals surface area contributed by atoms with Gasteiger partial charge in [-0.15, -0.1) is 0 Å². The van der Waals surface area contributed by atoms with Crippen molar-refractivity contribution in [3.63, 3.8) is 0 Å². The lowest BCUT2D eigenvalue weighted by atomic mass is 9.88. The number of aromatic nitrogens is 6. The molecule has 0 aliphatic carbocycles. The molecule has 1 atom stereocenters. The van der Waals surface area contributed by atoms with Gasteiger partial charge in [-0.25, -0.2) is 27.4 Å². The van der Waals surface area contributed by atoms with Crippen molar-refractivity contribution in [2.75, 3.05) is 6.54 Å². The lowest BCUT2D eigenvalue weighted by molar-refractivity contribution is 0.00117. The molecule has 0 spiro atoms. The predicted molar refractivity (Wildman–Crippen MR) is 155 cm³/mol. The average Bonchev–Trinajstić information content (AvgIpc) is 3.65. The number of fused-ring (bicyclic) bond motifs is 1. The topological polar surface area (TPSA) is 93.2 Å². The first-order valence-electron chi connectivity index (χ1n) is 13.8. The van der Waals surface area contributed by atoms with Gasteiger partial charge in [-0.05, 0) is 79.0 Å². The molecule has 0 amide bonds. The Hall–Kier alpha value is -4.87. The Labute approximate surface area is 245 Å². The number of hydrogen-bond donors (Lipinski definition) is 2. The predicted octanol–water partition coefficient (Wildman–Crippen LogP) is 5.53. The van der Waals surface area contributed by atoms with Crippen LogP contribution >= 0.6 is 0 Å². The van der Waals surface area contributed by atoms with Crippen molar-refractivity contribution in [1.82, 2.24) is 34.7 Å². The van der Waals surface area contributed by atoms with E-state index in [1.54, 1.807) is 24.5 Å². The van der Waals surface area contributed by atoms with Gasteiger partial charge < -0.3 is 10.4 Å². The number of nitrogens with one attached hydrogen (secondary N) is 1. The number of hydrogen-bond acceptors (Lipinski definition) is 6. The Kier molecular flexibility index (Phi) is 7.99. The van der Waals surface area contributed by atoms with Gasteiger partial charge in [-0.3, -0.25) is 4.98 Å². The molecule has 0 aliphatic rings. The molecule has 8 nitrogen and oxygen atoms in total. The summed E-state index contributed by atoms with van der Waals surface area (Å²) in [6.07, 6.45) is 8.88.